The smallest absolute Gasteiger partial charge is 0.174 e. The molecular weight excluding hydrogens is 464 g/mol. The van der Waals surface area contributed by atoms with Gasteiger partial charge in [0.15, 0.2) is 10.2 Å². The summed E-state index contributed by atoms with van der Waals surface area (Å²) in [5.74, 6) is -1.17. The zero-order valence-corrected chi connectivity index (χ0v) is 18.5. The first kappa shape index (κ1) is 21.8. The van der Waals surface area contributed by atoms with Gasteiger partial charge < -0.3 is 5.11 Å². The summed E-state index contributed by atoms with van der Waals surface area (Å²) >= 11 is 8.42. The van der Waals surface area contributed by atoms with Crippen molar-refractivity contribution in [2.24, 2.45) is 0 Å². The van der Waals surface area contributed by atoms with E-state index < -0.39 is 17.2 Å². The third kappa shape index (κ3) is 4.93. The van der Waals surface area contributed by atoms with Gasteiger partial charge in [0.25, 0.3) is 0 Å². The number of hydrogen-bond acceptors (Lipinski definition) is 7. The molecule has 160 valence electrons. The van der Waals surface area contributed by atoms with E-state index in [0.717, 1.165) is 17.6 Å². The molecule has 2 heterocycles. The lowest BCUT2D eigenvalue weighted by Crippen LogP contribution is -2.40. The molecule has 0 aliphatic carbocycles. The number of halogens is 3. The van der Waals surface area contributed by atoms with Crippen LogP contribution < -0.4 is 0 Å². The molecule has 0 aliphatic rings. The fourth-order valence-electron chi connectivity index (χ4n) is 3.06. The molecule has 0 saturated heterocycles. The van der Waals surface area contributed by atoms with Crippen LogP contribution in [0.4, 0.5) is 8.78 Å². The van der Waals surface area contributed by atoms with E-state index in [4.69, 9.17) is 11.6 Å². The molecule has 0 fully saturated rings. The van der Waals surface area contributed by atoms with Crippen molar-refractivity contribution in [3.8, 4) is 11.4 Å². The highest BCUT2D eigenvalue weighted by Gasteiger charge is 2.38. The lowest BCUT2D eigenvalue weighted by molar-refractivity contribution is 0.0167. The lowest BCUT2D eigenvalue weighted by Gasteiger charge is -2.33. The predicted molar refractivity (Wildman–Crippen MR) is 116 cm³/mol. The minimum absolute atomic E-state index is 0.156. The zero-order valence-electron chi connectivity index (χ0n) is 16.1. The molecule has 0 aliphatic heterocycles. The van der Waals surface area contributed by atoms with Crippen LogP contribution >= 0.6 is 34.9 Å². The van der Waals surface area contributed by atoms with Crippen LogP contribution in [-0.2, 0) is 12.1 Å². The maximum Gasteiger partial charge on any atom is 0.174 e. The second-order valence-corrected chi connectivity index (χ2v) is 9.60. The van der Waals surface area contributed by atoms with Gasteiger partial charge in [-0.2, -0.15) is 9.47 Å². The van der Waals surface area contributed by atoms with E-state index in [1.165, 1.54) is 36.5 Å². The first-order chi connectivity index (χ1) is 14.8. The molecule has 31 heavy (non-hydrogen) atoms. The summed E-state index contributed by atoms with van der Waals surface area (Å²) in [4.78, 5) is 8.33. The maximum atomic E-state index is 13.5. The number of rotatable bonds is 7. The van der Waals surface area contributed by atoms with E-state index in [1.807, 2.05) is 6.92 Å². The van der Waals surface area contributed by atoms with Crippen LogP contribution in [0.25, 0.3) is 11.4 Å². The minimum Gasteiger partial charge on any atom is -0.382 e. The van der Waals surface area contributed by atoms with E-state index >= 15 is 0 Å². The molecule has 2 aromatic heterocycles. The van der Waals surface area contributed by atoms with Crippen molar-refractivity contribution < 1.29 is 13.9 Å². The molecule has 11 heteroatoms. The maximum absolute atomic E-state index is 13.5. The topological polar surface area (TPSA) is 76.7 Å². The van der Waals surface area contributed by atoms with Gasteiger partial charge in [0, 0.05) is 21.9 Å². The van der Waals surface area contributed by atoms with E-state index in [2.05, 4.69) is 19.4 Å². The molecular formula is C20H16ClF2N5OS2. The highest BCUT2D eigenvalue weighted by Crippen LogP contribution is 2.39. The van der Waals surface area contributed by atoms with Crippen LogP contribution in [0.2, 0.25) is 5.02 Å². The number of aliphatic hydroxyl groups is 1. The van der Waals surface area contributed by atoms with Gasteiger partial charge >= 0.3 is 0 Å². The third-order valence-electron chi connectivity index (χ3n) is 4.69. The normalized spacial score (nSPS) is 14.4. The Hall–Kier alpha value is -2.40. The van der Waals surface area contributed by atoms with Crippen LogP contribution in [0, 0.1) is 11.6 Å². The number of benzene rings is 2. The fourth-order valence-corrected chi connectivity index (χ4v) is 5.19. The van der Waals surface area contributed by atoms with E-state index in [-0.39, 0.29) is 23.2 Å². The van der Waals surface area contributed by atoms with Gasteiger partial charge in [0.05, 0.1) is 6.54 Å². The summed E-state index contributed by atoms with van der Waals surface area (Å²) in [5, 5.41) is 16.0. The molecule has 0 bridgehead atoms. The summed E-state index contributed by atoms with van der Waals surface area (Å²) in [7, 11) is 0. The number of aromatic nitrogens is 5. The average Bonchev–Trinajstić information content (AvgIpc) is 3.39. The van der Waals surface area contributed by atoms with Gasteiger partial charge in [0.2, 0.25) is 0 Å². The Labute approximate surface area is 190 Å². The summed E-state index contributed by atoms with van der Waals surface area (Å²) in [6.45, 7) is 2.02. The van der Waals surface area contributed by atoms with Crippen LogP contribution in [0.3, 0.4) is 0 Å². The van der Waals surface area contributed by atoms with Gasteiger partial charge in [0.1, 0.15) is 29.9 Å². The van der Waals surface area contributed by atoms with Crippen molar-refractivity contribution in [1.82, 2.24) is 24.1 Å². The third-order valence-corrected chi connectivity index (χ3v) is 7.00. The SMILES string of the molecule is C[C@@H](Sc1nc(-c2cc(F)cc(F)c2)ns1)[C@](O)(Cn1cncn1)c1ccc(Cl)cc1. The first-order valence-electron chi connectivity index (χ1n) is 9.11. The average molecular weight is 480 g/mol. The van der Waals surface area contributed by atoms with Gasteiger partial charge in [-0.05, 0) is 48.3 Å². The second-order valence-electron chi connectivity index (χ2n) is 6.83. The first-order valence-corrected chi connectivity index (χ1v) is 11.1. The molecule has 2 atom stereocenters. The second kappa shape index (κ2) is 8.99. The molecule has 1 N–H and O–H groups in total. The zero-order chi connectivity index (χ0) is 22.0. The molecule has 4 rings (SSSR count). The largest absolute Gasteiger partial charge is 0.382 e. The highest BCUT2D eigenvalue weighted by atomic mass is 35.5. The van der Waals surface area contributed by atoms with Crippen LogP contribution in [-0.4, -0.2) is 34.5 Å². The summed E-state index contributed by atoms with van der Waals surface area (Å²) in [5.41, 5.74) is -0.423. The summed E-state index contributed by atoms with van der Waals surface area (Å²) in [6.07, 6.45) is 2.93. The van der Waals surface area contributed by atoms with Gasteiger partial charge in [-0.25, -0.2) is 23.4 Å². The minimum atomic E-state index is -1.33. The van der Waals surface area contributed by atoms with Gasteiger partial charge in [-0.1, -0.05) is 35.5 Å². The van der Waals surface area contributed by atoms with Crippen LogP contribution in [0.15, 0.2) is 59.5 Å². The molecule has 4 aromatic rings. The lowest BCUT2D eigenvalue weighted by atomic mass is 9.90. The quantitative estimate of drug-likeness (QED) is 0.384. The Morgan fingerprint density at radius 2 is 1.90 bits per heavy atom. The molecule has 0 saturated carbocycles. The van der Waals surface area contributed by atoms with Crippen molar-refractivity contribution in [2.75, 3.05) is 0 Å². The number of hydrogen-bond donors (Lipinski definition) is 1. The molecule has 2 aromatic carbocycles. The number of thioether (sulfide) groups is 1. The molecule has 6 nitrogen and oxygen atoms in total. The van der Waals surface area contributed by atoms with Crippen molar-refractivity contribution in [1.29, 1.82) is 0 Å². The van der Waals surface area contributed by atoms with Crippen molar-refractivity contribution >= 4 is 34.9 Å². The molecule has 0 unspecified atom stereocenters. The van der Waals surface area contributed by atoms with E-state index in [0.29, 0.717) is 14.9 Å². The Balaban J connectivity index is 1.61. The Morgan fingerprint density at radius 1 is 1.19 bits per heavy atom. The van der Waals surface area contributed by atoms with Crippen LogP contribution in [0.5, 0.6) is 0 Å². The van der Waals surface area contributed by atoms with Crippen molar-refractivity contribution in [3.05, 3.63) is 77.3 Å². The molecule has 0 spiro atoms. The van der Waals surface area contributed by atoms with Crippen molar-refractivity contribution in [2.45, 2.75) is 28.7 Å². The monoisotopic (exact) mass is 479 g/mol. The molecule has 0 radical (unpaired) electrons. The standard InChI is InChI=1S/C20H16ClF2N5OS2/c1-12(30-19-26-18(27-31-19)13-6-16(22)8-17(23)7-13)20(29,9-28-11-24-10-25-28)14-2-4-15(21)5-3-14/h2-8,10-12,29H,9H2,1H3/t12-,20-/m1/s1. The Morgan fingerprint density at radius 3 is 2.55 bits per heavy atom. The molecule has 0 amide bonds. The van der Waals surface area contributed by atoms with E-state index in [1.54, 1.807) is 28.9 Å². The summed E-state index contributed by atoms with van der Waals surface area (Å²) < 4.78 is 33.4. The van der Waals surface area contributed by atoms with Gasteiger partial charge in [-0.3, -0.25) is 0 Å². The van der Waals surface area contributed by atoms with Crippen molar-refractivity contribution in [3.63, 3.8) is 0 Å². The summed E-state index contributed by atoms with van der Waals surface area (Å²) in [6, 6.07) is 10.1. The Bertz CT molecular complexity index is 1150. The predicted octanol–water partition coefficient (Wildman–Crippen LogP) is 4.80. The van der Waals surface area contributed by atoms with E-state index in [9.17, 15) is 13.9 Å². The Kier molecular flexibility index (Phi) is 6.33. The number of nitrogens with zero attached hydrogens (tertiary/aromatic N) is 5. The van der Waals surface area contributed by atoms with Gasteiger partial charge in [-0.15, -0.1) is 0 Å². The fraction of sp³-hybridized carbons (Fsp3) is 0.200. The van der Waals surface area contributed by atoms with Crippen LogP contribution in [0.1, 0.15) is 12.5 Å². The highest BCUT2D eigenvalue weighted by molar-refractivity contribution is 8.01.